The zero-order chi connectivity index (χ0) is 15.0. The molecule has 1 aromatic rings. The molecule has 114 valence electrons. The molecule has 2 heterocycles. The van der Waals surface area contributed by atoms with Gasteiger partial charge in [-0.05, 0) is 25.6 Å². The third-order valence-electron chi connectivity index (χ3n) is 4.08. The minimum absolute atomic E-state index is 0.0527. The molecule has 7 heteroatoms. The lowest BCUT2D eigenvalue weighted by atomic mass is 10.1. The Labute approximate surface area is 124 Å². The van der Waals surface area contributed by atoms with Crippen molar-refractivity contribution < 1.29 is 13.2 Å². The maximum atomic E-state index is 11.8. The first kappa shape index (κ1) is 14.3. The predicted octanol–water partition coefficient (Wildman–Crippen LogP) is 0.524. The summed E-state index contributed by atoms with van der Waals surface area (Å²) in [6.45, 7) is 1.23. The summed E-state index contributed by atoms with van der Waals surface area (Å²) < 4.78 is 23.3. The van der Waals surface area contributed by atoms with Crippen LogP contribution in [-0.2, 0) is 14.6 Å². The van der Waals surface area contributed by atoms with E-state index in [4.69, 9.17) is 0 Å². The molecule has 2 N–H and O–H groups in total. The van der Waals surface area contributed by atoms with Gasteiger partial charge < -0.3 is 15.5 Å². The van der Waals surface area contributed by atoms with Crippen molar-refractivity contribution >= 4 is 27.1 Å². The maximum absolute atomic E-state index is 11.8. The van der Waals surface area contributed by atoms with E-state index in [9.17, 15) is 13.2 Å². The van der Waals surface area contributed by atoms with Gasteiger partial charge in [0.2, 0.25) is 5.91 Å². The van der Waals surface area contributed by atoms with Crippen molar-refractivity contribution in [2.45, 2.75) is 12.5 Å². The average molecular weight is 309 g/mol. The van der Waals surface area contributed by atoms with E-state index >= 15 is 0 Å². The lowest BCUT2D eigenvalue weighted by molar-refractivity contribution is -0.117. The number of nitrogens with zero attached hydrogens (tertiary/aromatic N) is 1. The molecule has 21 heavy (non-hydrogen) atoms. The van der Waals surface area contributed by atoms with Crippen molar-refractivity contribution in [2.75, 3.05) is 41.9 Å². The van der Waals surface area contributed by atoms with Gasteiger partial charge in [-0.1, -0.05) is 6.07 Å². The van der Waals surface area contributed by atoms with E-state index in [2.05, 4.69) is 15.5 Å². The number of amides is 1. The third-order valence-corrected chi connectivity index (χ3v) is 5.79. The van der Waals surface area contributed by atoms with Crippen molar-refractivity contribution in [3.05, 3.63) is 23.8 Å². The summed E-state index contributed by atoms with van der Waals surface area (Å²) in [5.41, 5.74) is 2.71. The first-order valence-electron chi connectivity index (χ1n) is 7.07. The van der Waals surface area contributed by atoms with Crippen LogP contribution in [0.15, 0.2) is 18.2 Å². The molecular weight excluding hydrogens is 290 g/mol. The zero-order valence-electron chi connectivity index (χ0n) is 11.9. The number of sulfone groups is 1. The van der Waals surface area contributed by atoms with E-state index in [0.29, 0.717) is 13.0 Å². The van der Waals surface area contributed by atoms with Gasteiger partial charge in [0.15, 0.2) is 9.84 Å². The van der Waals surface area contributed by atoms with E-state index in [1.807, 2.05) is 18.2 Å². The van der Waals surface area contributed by atoms with Gasteiger partial charge in [0, 0.05) is 30.0 Å². The van der Waals surface area contributed by atoms with Crippen molar-refractivity contribution in [1.82, 2.24) is 5.32 Å². The minimum Gasteiger partial charge on any atom is -0.370 e. The summed E-state index contributed by atoms with van der Waals surface area (Å²) in [5, 5.41) is 5.85. The fourth-order valence-corrected chi connectivity index (χ4v) is 4.20. The first-order chi connectivity index (χ1) is 10.00. The quantitative estimate of drug-likeness (QED) is 0.833. The lowest BCUT2D eigenvalue weighted by Gasteiger charge is -2.22. The van der Waals surface area contributed by atoms with Gasteiger partial charge in [0.25, 0.3) is 0 Å². The highest BCUT2D eigenvalue weighted by Gasteiger charge is 2.29. The number of rotatable bonds is 2. The number of hydrogen-bond donors (Lipinski definition) is 2. The summed E-state index contributed by atoms with van der Waals surface area (Å²) in [4.78, 5) is 13.9. The topological polar surface area (TPSA) is 78.5 Å². The number of fused-ring (bicyclic) bond motifs is 1. The molecule has 1 fully saturated rings. The van der Waals surface area contributed by atoms with Crippen LogP contribution in [0.2, 0.25) is 0 Å². The molecule has 2 aliphatic rings. The Hall–Kier alpha value is -1.60. The molecule has 1 unspecified atom stereocenters. The highest BCUT2D eigenvalue weighted by atomic mass is 32.2. The van der Waals surface area contributed by atoms with Crippen LogP contribution in [-0.4, -0.2) is 46.0 Å². The highest BCUT2D eigenvalue weighted by Crippen LogP contribution is 2.34. The summed E-state index contributed by atoms with van der Waals surface area (Å²) in [5.74, 6) is 0.394. The Kier molecular flexibility index (Phi) is 3.62. The molecule has 3 rings (SSSR count). The van der Waals surface area contributed by atoms with Crippen LogP contribution < -0.4 is 15.5 Å². The standard InChI is InChI=1S/C14H19N3O3S/c1-15-13-11-4-3-10(9-12(11)16-14(13)18)17-5-2-7-21(19,20)8-6-17/h3-4,9,13,15H,2,5-8H2,1H3,(H,16,18). The molecule has 1 atom stereocenters. The smallest absolute Gasteiger partial charge is 0.246 e. The second-order valence-electron chi connectivity index (χ2n) is 5.47. The van der Waals surface area contributed by atoms with Crippen LogP contribution in [0.4, 0.5) is 11.4 Å². The molecule has 1 amide bonds. The van der Waals surface area contributed by atoms with E-state index in [1.54, 1.807) is 7.05 Å². The average Bonchev–Trinajstić information content (AvgIpc) is 2.64. The molecule has 0 radical (unpaired) electrons. The van der Waals surface area contributed by atoms with Crippen molar-refractivity contribution in [3.63, 3.8) is 0 Å². The number of benzene rings is 1. The van der Waals surface area contributed by atoms with Crippen LogP contribution in [0, 0.1) is 0 Å². The fourth-order valence-electron chi connectivity index (χ4n) is 2.93. The van der Waals surface area contributed by atoms with Gasteiger partial charge in [-0.2, -0.15) is 0 Å². The van der Waals surface area contributed by atoms with Crippen LogP contribution in [0.1, 0.15) is 18.0 Å². The normalized spacial score (nSPS) is 24.3. The Morgan fingerprint density at radius 1 is 1.29 bits per heavy atom. The van der Waals surface area contributed by atoms with Crippen molar-refractivity contribution in [3.8, 4) is 0 Å². The number of carbonyl (C=O) groups excluding carboxylic acids is 1. The van der Waals surface area contributed by atoms with E-state index in [-0.39, 0.29) is 23.5 Å². The van der Waals surface area contributed by atoms with Crippen LogP contribution in [0.3, 0.4) is 0 Å². The lowest BCUT2D eigenvalue weighted by Crippen LogP contribution is -2.26. The van der Waals surface area contributed by atoms with Gasteiger partial charge in [0.05, 0.1) is 11.5 Å². The monoisotopic (exact) mass is 309 g/mol. The fraction of sp³-hybridized carbons (Fsp3) is 0.500. The number of likely N-dealkylation sites (N-methyl/N-ethyl adjacent to an activating group) is 1. The molecule has 0 spiro atoms. The van der Waals surface area contributed by atoms with Gasteiger partial charge in [-0.25, -0.2) is 8.42 Å². The molecule has 6 nitrogen and oxygen atoms in total. The number of hydrogen-bond acceptors (Lipinski definition) is 5. The Balaban J connectivity index is 1.85. The second kappa shape index (κ2) is 5.31. The Bertz CT molecular complexity index is 672. The van der Waals surface area contributed by atoms with E-state index in [0.717, 1.165) is 23.5 Å². The van der Waals surface area contributed by atoms with Crippen LogP contribution in [0.25, 0.3) is 0 Å². The van der Waals surface area contributed by atoms with Crippen molar-refractivity contribution in [1.29, 1.82) is 0 Å². The van der Waals surface area contributed by atoms with Gasteiger partial charge in [-0.3, -0.25) is 4.79 Å². The first-order valence-corrected chi connectivity index (χ1v) is 8.90. The summed E-state index contributed by atoms with van der Waals surface area (Å²) in [7, 11) is -1.16. The number of carbonyl (C=O) groups is 1. The molecule has 0 aromatic heterocycles. The summed E-state index contributed by atoms with van der Waals surface area (Å²) in [6.07, 6.45) is 0.644. The Morgan fingerprint density at radius 3 is 2.86 bits per heavy atom. The molecular formula is C14H19N3O3S. The van der Waals surface area contributed by atoms with Crippen LogP contribution >= 0.6 is 0 Å². The zero-order valence-corrected chi connectivity index (χ0v) is 12.7. The number of anilines is 2. The highest BCUT2D eigenvalue weighted by molar-refractivity contribution is 7.91. The molecule has 0 bridgehead atoms. The van der Waals surface area contributed by atoms with Gasteiger partial charge in [0.1, 0.15) is 6.04 Å². The molecule has 0 aliphatic carbocycles. The van der Waals surface area contributed by atoms with Crippen molar-refractivity contribution in [2.24, 2.45) is 0 Å². The second-order valence-corrected chi connectivity index (χ2v) is 7.78. The van der Waals surface area contributed by atoms with Gasteiger partial charge in [-0.15, -0.1) is 0 Å². The largest absolute Gasteiger partial charge is 0.370 e. The Morgan fingerprint density at radius 2 is 2.10 bits per heavy atom. The van der Waals surface area contributed by atoms with E-state index < -0.39 is 9.84 Å². The SMILES string of the molecule is CNC1C(=O)Nc2cc(N3CCCS(=O)(=O)CC3)ccc21. The maximum Gasteiger partial charge on any atom is 0.246 e. The predicted molar refractivity (Wildman–Crippen MR) is 82.4 cm³/mol. The molecule has 1 saturated heterocycles. The molecule has 2 aliphatic heterocycles. The van der Waals surface area contributed by atoms with Crippen LogP contribution in [0.5, 0.6) is 0 Å². The minimum atomic E-state index is -2.91. The molecule has 1 aromatic carbocycles. The summed E-state index contributed by atoms with van der Waals surface area (Å²) in [6, 6.07) is 5.52. The summed E-state index contributed by atoms with van der Waals surface area (Å²) >= 11 is 0. The third kappa shape index (κ3) is 2.75. The van der Waals surface area contributed by atoms with Gasteiger partial charge >= 0.3 is 0 Å². The van der Waals surface area contributed by atoms with E-state index in [1.165, 1.54) is 0 Å². The number of nitrogens with one attached hydrogen (secondary N) is 2. The molecule has 0 saturated carbocycles.